The smallest absolute Gasteiger partial charge is 0.271 e. The van der Waals surface area contributed by atoms with E-state index in [0.29, 0.717) is 36.9 Å². The number of carbonyl (C=O) groups excluding carboxylic acids is 1. The summed E-state index contributed by atoms with van der Waals surface area (Å²) in [5.74, 6) is 0.944. The van der Waals surface area contributed by atoms with Crippen LogP contribution in [0.1, 0.15) is 11.8 Å². The molecule has 0 atom stereocenters. The summed E-state index contributed by atoms with van der Waals surface area (Å²) in [5.41, 5.74) is 0.399. The fraction of sp³-hybridized carbons (Fsp3) is 0.267. The highest BCUT2D eigenvalue weighted by atomic mass is 32.2. The molecule has 0 bridgehead atoms. The molecule has 128 valence electrons. The lowest BCUT2D eigenvalue weighted by atomic mass is 10.3. The second kappa shape index (κ2) is 6.70. The van der Waals surface area contributed by atoms with Crippen LogP contribution in [0.4, 0.5) is 5.69 Å². The molecule has 0 saturated heterocycles. The van der Waals surface area contributed by atoms with Crippen molar-refractivity contribution in [3.63, 3.8) is 0 Å². The zero-order chi connectivity index (χ0) is 17.2. The topological polar surface area (TPSA) is 93.7 Å². The maximum absolute atomic E-state index is 12.5. The van der Waals surface area contributed by atoms with Crippen LogP contribution in [-0.2, 0) is 21.4 Å². The fourth-order valence-electron chi connectivity index (χ4n) is 2.12. The number of carbonyl (C=O) groups is 1. The third-order valence-electron chi connectivity index (χ3n) is 3.21. The first-order valence-corrected chi connectivity index (χ1v) is 9.50. The van der Waals surface area contributed by atoms with Gasteiger partial charge >= 0.3 is 0 Å². The van der Waals surface area contributed by atoms with Gasteiger partial charge in [0.25, 0.3) is 10.0 Å². The van der Waals surface area contributed by atoms with Crippen molar-refractivity contribution < 1.29 is 22.7 Å². The molecule has 1 aliphatic heterocycles. The Morgan fingerprint density at radius 1 is 1.17 bits per heavy atom. The SMILES string of the molecule is CC(=O)NCc1ccc(S(=O)(=O)Nc2ccc3c(c2)OCCO3)s1. The van der Waals surface area contributed by atoms with Gasteiger partial charge in [-0.1, -0.05) is 0 Å². The molecule has 1 aromatic carbocycles. The third-order valence-corrected chi connectivity index (χ3v) is 6.17. The number of benzene rings is 1. The summed E-state index contributed by atoms with van der Waals surface area (Å²) in [7, 11) is -3.70. The van der Waals surface area contributed by atoms with E-state index in [1.54, 1.807) is 24.3 Å². The highest BCUT2D eigenvalue weighted by molar-refractivity contribution is 7.94. The van der Waals surface area contributed by atoms with Crippen molar-refractivity contribution in [2.24, 2.45) is 0 Å². The minimum Gasteiger partial charge on any atom is -0.486 e. The van der Waals surface area contributed by atoms with Crippen LogP contribution in [0.5, 0.6) is 11.5 Å². The van der Waals surface area contributed by atoms with Gasteiger partial charge in [0, 0.05) is 17.9 Å². The molecule has 0 radical (unpaired) electrons. The number of thiophene rings is 1. The summed E-state index contributed by atoms with van der Waals surface area (Å²) in [5, 5.41) is 2.64. The molecule has 2 aromatic rings. The minimum atomic E-state index is -3.70. The molecular formula is C15H16N2O5S2. The molecule has 24 heavy (non-hydrogen) atoms. The first kappa shape index (κ1) is 16.6. The summed E-state index contributed by atoms with van der Waals surface area (Å²) in [6.45, 7) is 2.62. The third kappa shape index (κ3) is 3.80. The van der Waals surface area contributed by atoms with E-state index < -0.39 is 10.0 Å². The first-order valence-electron chi connectivity index (χ1n) is 7.20. The lowest BCUT2D eigenvalue weighted by Crippen LogP contribution is -2.18. The number of fused-ring (bicyclic) bond motifs is 1. The number of hydrogen-bond donors (Lipinski definition) is 2. The quantitative estimate of drug-likeness (QED) is 0.841. The van der Waals surface area contributed by atoms with Gasteiger partial charge in [-0.05, 0) is 24.3 Å². The summed E-state index contributed by atoms with van der Waals surface area (Å²) < 4.78 is 38.5. The first-order chi connectivity index (χ1) is 11.4. The van der Waals surface area contributed by atoms with Crippen molar-refractivity contribution in [1.29, 1.82) is 0 Å². The number of amides is 1. The van der Waals surface area contributed by atoms with Gasteiger partial charge in [0.15, 0.2) is 11.5 Å². The van der Waals surface area contributed by atoms with Crippen molar-refractivity contribution in [3.05, 3.63) is 35.2 Å². The van der Waals surface area contributed by atoms with E-state index in [2.05, 4.69) is 10.0 Å². The molecule has 2 heterocycles. The number of anilines is 1. The molecule has 7 nitrogen and oxygen atoms in total. The maximum atomic E-state index is 12.5. The van der Waals surface area contributed by atoms with Crippen LogP contribution in [-0.4, -0.2) is 27.5 Å². The van der Waals surface area contributed by atoms with Crippen LogP contribution in [0, 0.1) is 0 Å². The van der Waals surface area contributed by atoms with Gasteiger partial charge in [0.2, 0.25) is 5.91 Å². The predicted octanol–water partition coefficient (Wildman–Crippen LogP) is 1.96. The normalized spacial score (nSPS) is 13.4. The van der Waals surface area contributed by atoms with Gasteiger partial charge in [-0.25, -0.2) is 8.42 Å². The predicted molar refractivity (Wildman–Crippen MR) is 90.1 cm³/mol. The zero-order valence-corrected chi connectivity index (χ0v) is 14.5. The number of ether oxygens (including phenoxy) is 2. The molecule has 9 heteroatoms. The number of nitrogens with one attached hydrogen (secondary N) is 2. The maximum Gasteiger partial charge on any atom is 0.271 e. The van der Waals surface area contributed by atoms with Crippen LogP contribution in [0.2, 0.25) is 0 Å². The van der Waals surface area contributed by atoms with Crippen LogP contribution in [0.3, 0.4) is 0 Å². The van der Waals surface area contributed by atoms with E-state index in [1.165, 1.54) is 13.0 Å². The lowest BCUT2D eigenvalue weighted by Gasteiger charge is -2.19. The van der Waals surface area contributed by atoms with Crippen molar-refractivity contribution in [2.75, 3.05) is 17.9 Å². The molecule has 2 N–H and O–H groups in total. The van der Waals surface area contributed by atoms with Crippen molar-refractivity contribution >= 4 is 33.0 Å². The van der Waals surface area contributed by atoms with E-state index in [9.17, 15) is 13.2 Å². The summed E-state index contributed by atoms with van der Waals surface area (Å²) >= 11 is 1.11. The Kier molecular flexibility index (Phi) is 4.63. The van der Waals surface area contributed by atoms with Gasteiger partial charge in [-0.3, -0.25) is 9.52 Å². The van der Waals surface area contributed by atoms with Gasteiger partial charge < -0.3 is 14.8 Å². The van der Waals surface area contributed by atoms with Crippen molar-refractivity contribution in [3.8, 4) is 11.5 Å². The number of hydrogen-bond acceptors (Lipinski definition) is 6. The molecule has 0 fully saturated rings. The van der Waals surface area contributed by atoms with Crippen LogP contribution in [0.25, 0.3) is 0 Å². The Morgan fingerprint density at radius 3 is 2.67 bits per heavy atom. The fourth-order valence-corrected chi connectivity index (χ4v) is 4.47. The number of sulfonamides is 1. The van der Waals surface area contributed by atoms with Gasteiger partial charge in [-0.2, -0.15) is 0 Å². The van der Waals surface area contributed by atoms with Gasteiger partial charge in [0.1, 0.15) is 17.4 Å². The lowest BCUT2D eigenvalue weighted by molar-refractivity contribution is -0.119. The number of rotatable bonds is 5. The van der Waals surface area contributed by atoms with Crippen LogP contribution in [0.15, 0.2) is 34.5 Å². The largest absolute Gasteiger partial charge is 0.486 e. The Bertz CT molecular complexity index is 860. The highest BCUT2D eigenvalue weighted by Gasteiger charge is 2.19. The molecule has 0 unspecified atom stereocenters. The Labute approximate surface area is 143 Å². The average molecular weight is 368 g/mol. The van der Waals surface area contributed by atoms with Gasteiger partial charge in [-0.15, -0.1) is 11.3 Å². The van der Waals surface area contributed by atoms with Crippen LogP contribution < -0.4 is 19.5 Å². The van der Waals surface area contributed by atoms with Crippen molar-refractivity contribution in [1.82, 2.24) is 5.32 Å². The summed E-state index contributed by atoms with van der Waals surface area (Å²) in [4.78, 5) is 11.7. The molecule has 3 rings (SSSR count). The molecular weight excluding hydrogens is 352 g/mol. The standard InChI is InChI=1S/C15H16N2O5S2/c1-10(18)16-9-12-3-5-15(23-12)24(19,20)17-11-2-4-13-14(8-11)22-7-6-21-13/h2-5,8,17H,6-7,9H2,1H3,(H,16,18). The molecule has 0 aliphatic carbocycles. The Morgan fingerprint density at radius 2 is 1.92 bits per heavy atom. The van der Waals surface area contributed by atoms with E-state index in [0.717, 1.165) is 16.2 Å². The van der Waals surface area contributed by atoms with Gasteiger partial charge in [0.05, 0.1) is 12.2 Å². The monoisotopic (exact) mass is 368 g/mol. The highest BCUT2D eigenvalue weighted by Crippen LogP contribution is 2.33. The van der Waals surface area contributed by atoms with E-state index in [1.807, 2.05) is 0 Å². The minimum absolute atomic E-state index is 0.165. The summed E-state index contributed by atoms with van der Waals surface area (Å²) in [6.07, 6.45) is 0. The second-order valence-corrected chi connectivity index (χ2v) is 8.17. The van der Waals surface area contributed by atoms with E-state index in [4.69, 9.17) is 9.47 Å². The van der Waals surface area contributed by atoms with E-state index in [-0.39, 0.29) is 10.1 Å². The molecule has 0 spiro atoms. The molecule has 0 saturated carbocycles. The van der Waals surface area contributed by atoms with Crippen LogP contribution >= 0.6 is 11.3 Å². The molecule has 1 aliphatic rings. The Hall–Kier alpha value is -2.26. The molecule has 1 aromatic heterocycles. The molecule has 1 amide bonds. The second-order valence-electron chi connectivity index (χ2n) is 5.09. The Balaban J connectivity index is 1.75. The van der Waals surface area contributed by atoms with E-state index >= 15 is 0 Å². The van der Waals surface area contributed by atoms with Crippen molar-refractivity contribution in [2.45, 2.75) is 17.7 Å². The average Bonchev–Trinajstić information content (AvgIpc) is 3.02. The summed E-state index contributed by atoms with van der Waals surface area (Å²) in [6, 6.07) is 8.08. The zero-order valence-electron chi connectivity index (χ0n) is 12.9.